The monoisotopic (exact) mass is 192 g/mol. The Hall–Kier alpha value is 0.0700. The first-order chi connectivity index (χ1) is 5.57. The van der Waals surface area contributed by atoms with Crippen molar-refractivity contribution in [3.8, 4) is 0 Å². The Kier molecular flexibility index (Phi) is 6.61. The van der Waals surface area contributed by atoms with Crippen LogP contribution in [0.5, 0.6) is 0 Å². The van der Waals surface area contributed by atoms with Crippen LogP contribution in [0, 0.1) is 5.92 Å². The average Bonchev–Trinajstić information content (AvgIpc) is 1.96. The molecule has 0 aliphatic heterocycles. The minimum atomic E-state index is -2.04. The maximum Gasteiger partial charge on any atom is 0.0209 e. The molecule has 0 aromatic rings. The Balaban J connectivity index is 3.78. The summed E-state index contributed by atoms with van der Waals surface area (Å²) in [6.07, 6.45) is 1.98. The van der Waals surface area contributed by atoms with E-state index >= 15 is 0 Å². The van der Waals surface area contributed by atoms with Crippen LogP contribution in [0.15, 0.2) is 0 Å². The van der Waals surface area contributed by atoms with Gasteiger partial charge in [0.15, 0.2) is 0 Å². The van der Waals surface area contributed by atoms with Crippen molar-refractivity contribution in [2.24, 2.45) is 5.92 Å². The smallest absolute Gasteiger partial charge is 0.0209 e. The predicted octanol–water partition coefficient (Wildman–Crippen LogP) is 1.54. The predicted molar refractivity (Wildman–Crippen MR) is 50.2 cm³/mol. The molecule has 0 radical (unpaired) electrons. The number of unbranched alkanes of at least 4 members (excludes halogenated alkanes) is 1. The van der Waals surface area contributed by atoms with Crippen LogP contribution >= 0.6 is 0 Å². The van der Waals surface area contributed by atoms with Crippen LogP contribution in [0.2, 0.25) is 0 Å². The standard InChI is InChI=1S/C8H19NO2S/c1-4-5-6-9(12(10)11)7-8(2)3/h8H,4-7H2,1-3H3,(H,10,11)/p-1. The lowest BCUT2D eigenvalue weighted by Gasteiger charge is -2.25. The van der Waals surface area contributed by atoms with E-state index in [0.717, 1.165) is 12.8 Å². The lowest BCUT2D eigenvalue weighted by molar-refractivity contribution is 0.346. The van der Waals surface area contributed by atoms with E-state index in [2.05, 4.69) is 6.92 Å². The van der Waals surface area contributed by atoms with Gasteiger partial charge in [0.1, 0.15) is 0 Å². The van der Waals surface area contributed by atoms with Gasteiger partial charge in [-0.2, -0.15) is 0 Å². The summed E-state index contributed by atoms with van der Waals surface area (Å²) in [6.45, 7) is 7.39. The molecular weight excluding hydrogens is 174 g/mol. The van der Waals surface area contributed by atoms with Crippen LogP contribution in [0.1, 0.15) is 33.6 Å². The minimum absolute atomic E-state index is 0.403. The van der Waals surface area contributed by atoms with E-state index in [4.69, 9.17) is 0 Å². The highest BCUT2D eigenvalue weighted by atomic mass is 32.2. The van der Waals surface area contributed by atoms with Crippen molar-refractivity contribution in [1.82, 2.24) is 4.31 Å². The number of rotatable bonds is 6. The summed E-state index contributed by atoms with van der Waals surface area (Å²) in [7, 11) is 0. The van der Waals surface area contributed by atoms with Gasteiger partial charge in [0.05, 0.1) is 0 Å². The van der Waals surface area contributed by atoms with Gasteiger partial charge in [0.25, 0.3) is 0 Å². The highest BCUT2D eigenvalue weighted by molar-refractivity contribution is 7.76. The molecule has 0 spiro atoms. The van der Waals surface area contributed by atoms with Crippen molar-refractivity contribution in [1.29, 1.82) is 0 Å². The summed E-state index contributed by atoms with van der Waals surface area (Å²) < 4.78 is 22.8. The number of hydrogen-bond acceptors (Lipinski definition) is 2. The van der Waals surface area contributed by atoms with Gasteiger partial charge >= 0.3 is 0 Å². The second kappa shape index (κ2) is 6.57. The van der Waals surface area contributed by atoms with E-state index in [9.17, 15) is 8.76 Å². The second-order valence-corrected chi connectivity index (χ2v) is 4.30. The molecular formula is C8H18NO2S-. The van der Waals surface area contributed by atoms with Crippen molar-refractivity contribution in [2.45, 2.75) is 33.6 Å². The Morgan fingerprint density at radius 1 is 1.50 bits per heavy atom. The fourth-order valence-electron chi connectivity index (χ4n) is 0.968. The van der Waals surface area contributed by atoms with Crippen LogP contribution in [-0.2, 0) is 11.3 Å². The summed E-state index contributed by atoms with van der Waals surface area (Å²) in [6, 6.07) is 0. The number of hydrogen-bond donors (Lipinski definition) is 0. The van der Waals surface area contributed by atoms with Crippen molar-refractivity contribution in [3.05, 3.63) is 0 Å². The zero-order chi connectivity index (χ0) is 9.56. The lowest BCUT2D eigenvalue weighted by atomic mass is 10.2. The van der Waals surface area contributed by atoms with Crippen LogP contribution in [0.4, 0.5) is 0 Å². The summed E-state index contributed by atoms with van der Waals surface area (Å²) in [5.74, 6) is 0.403. The molecule has 0 fully saturated rings. The molecule has 0 saturated carbocycles. The summed E-state index contributed by atoms with van der Waals surface area (Å²) in [5.41, 5.74) is 0. The highest BCUT2D eigenvalue weighted by Crippen LogP contribution is 2.02. The second-order valence-electron chi connectivity index (χ2n) is 3.35. The molecule has 12 heavy (non-hydrogen) atoms. The van der Waals surface area contributed by atoms with E-state index in [-0.39, 0.29) is 0 Å². The molecule has 0 aromatic heterocycles. The van der Waals surface area contributed by atoms with Gasteiger partial charge in [-0.1, -0.05) is 27.2 Å². The quantitative estimate of drug-likeness (QED) is 0.599. The van der Waals surface area contributed by atoms with E-state index in [1.54, 1.807) is 0 Å². The Bertz CT molecular complexity index is 139. The van der Waals surface area contributed by atoms with Crippen LogP contribution < -0.4 is 0 Å². The summed E-state index contributed by atoms with van der Waals surface area (Å²) >= 11 is -2.04. The molecule has 0 N–H and O–H groups in total. The van der Waals surface area contributed by atoms with Crippen LogP contribution in [0.25, 0.3) is 0 Å². The fraction of sp³-hybridized carbons (Fsp3) is 1.00. The zero-order valence-corrected chi connectivity index (χ0v) is 8.89. The van der Waals surface area contributed by atoms with E-state index in [1.807, 2.05) is 13.8 Å². The number of nitrogens with zero attached hydrogens (tertiary/aromatic N) is 1. The Morgan fingerprint density at radius 2 is 2.08 bits per heavy atom. The topological polar surface area (TPSA) is 43.4 Å². The van der Waals surface area contributed by atoms with Crippen molar-refractivity contribution >= 4 is 11.3 Å². The van der Waals surface area contributed by atoms with E-state index < -0.39 is 11.3 Å². The average molecular weight is 192 g/mol. The summed E-state index contributed by atoms with van der Waals surface area (Å²) in [5, 5.41) is 0. The first-order valence-corrected chi connectivity index (χ1v) is 5.45. The molecule has 3 nitrogen and oxygen atoms in total. The van der Waals surface area contributed by atoms with Gasteiger partial charge in [-0.25, -0.2) is 4.31 Å². The molecule has 1 unspecified atom stereocenters. The largest absolute Gasteiger partial charge is 0.760 e. The zero-order valence-electron chi connectivity index (χ0n) is 8.08. The minimum Gasteiger partial charge on any atom is -0.760 e. The molecule has 1 atom stereocenters. The van der Waals surface area contributed by atoms with Gasteiger partial charge in [-0.05, 0) is 12.3 Å². The summed E-state index contributed by atoms with van der Waals surface area (Å²) in [4.78, 5) is 0. The Morgan fingerprint density at radius 3 is 2.42 bits per heavy atom. The lowest BCUT2D eigenvalue weighted by Crippen LogP contribution is -2.30. The van der Waals surface area contributed by atoms with Gasteiger partial charge < -0.3 is 4.55 Å². The van der Waals surface area contributed by atoms with E-state index in [1.165, 1.54) is 4.31 Å². The normalized spacial score (nSPS) is 14.2. The van der Waals surface area contributed by atoms with Crippen molar-refractivity contribution in [3.63, 3.8) is 0 Å². The third-order valence-corrected chi connectivity index (χ3v) is 2.29. The SMILES string of the molecule is CCCCN(CC(C)C)S(=O)[O-]. The molecule has 0 heterocycles. The molecule has 0 aliphatic rings. The first kappa shape index (κ1) is 12.1. The maximum absolute atomic E-state index is 10.7. The van der Waals surface area contributed by atoms with Gasteiger partial charge in [0.2, 0.25) is 0 Å². The molecule has 0 amide bonds. The third-order valence-electron chi connectivity index (χ3n) is 1.54. The highest BCUT2D eigenvalue weighted by Gasteiger charge is 2.06. The van der Waals surface area contributed by atoms with Gasteiger partial charge in [-0.15, -0.1) is 0 Å². The molecule has 4 heteroatoms. The van der Waals surface area contributed by atoms with Crippen molar-refractivity contribution < 1.29 is 8.76 Å². The molecule has 0 rings (SSSR count). The van der Waals surface area contributed by atoms with Crippen LogP contribution in [0.3, 0.4) is 0 Å². The maximum atomic E-state index is 10.7. The third kappa shape index (κ3) is 5.69. The fourth-order valence-corrected chi connectivity index (χ4v) is 1.67. The molecule has 0 bridgehead atoms. The molecule has 0 saturated heterocycles. The van der Waals surface area contributed by atoms with Gasteiger partial charge in [-0.3, -0.25) is 4.21 Å². The van der Waals surface area contributed by atoms with Crippen molar-refractivity contribution in [2.75, 3.05) is 13.1 Å². The van der Waals surface area contributed by atoms with Gasteiger partial charge in [0, 0.05) is 24.4 Å². The Labute approximate surface area is 77.6 Å². The first-order valence-electron chi connectivity index (χ1n) is 4.42. The molecule has 74 valence electrons. The van der Waals surface area contributed by atoms with Crippen LogP contribution in [-0.4, -0.2) is 26.2 Å². The van der Waals surface area contributed by atoms with E-state index in [0.29, 0.717) is 19.0 Å². The molecule has 0 aliphatic carbocycles. The molecule has 0 aromatic carbocycles.